The topological polar surface area (TPSA) is 78.8 Å². The third kappa shape index (κ3) is 3.60. The maximum atomic E-state index is 13.7. The van der Waals surface area contributed by atoms with Gasteiger partial charge in [0.1, 0.15) is 10.9 Å². The molecule has 3 aliphatic rings. The molecule has 2 fully saturated rings. The lowest BCUT2D eigenvalue weighted by Crippen LogP contribution is -2.55. The molecule has 1 saturated carbocycles. The van der Waals surface area contributed by atoms with Gasteiger partial charge in [-0.2, -0.15) is 0 Å². The van der Waals surface area contributed by atoms with Crippen molar-refractivity contribution in [2.24, 2.45) is 10.9 Å². The third-order valence-corrected chi connectivity index (χ3v) is 8.88. The van der Waals surface area contributed by atoms with Crippen LogP contribution < -0.4 is 5.32 Å². The molecule has 0 aromatic heterocycles. The number of halogens is 1. The van der Waals surface area contributed by atoms with Crippen LogP contribution >= 0.6 is 11.6 Å². The number of nitrogens with one attached hydrogen (secondary N) is 1. The molecule has 0 bridgehead atoms. The predicted molar refractivity (Wildman–Crippen MR) is 109 cm³/mol. The summed E-state index contributed by atoms with van der Waals surface area (Å²) in [5, 5.41) is 2.52. The van der Waals surface area contributed by atoms with E-state index >= 15 is 0 Å². The molecule has 2 heterocycles. The van der Waals surface area contributed by atoms with Gasteiger partial charge >= 0.3 is 0 Å². The Morgan fingerprint density at radius 2 is 1.89 bits per heavy atom. The van der Waals surface area contributed by atoms with E-state index in [0.29, 0.717) is 31.0 Å². The second kappa shape index (κ2) is 7.76. The van der Waals surface area contributed by atoms with Crippen molar-refractivity contribution in [3.05, 3.63) is 29.3 Å². The average Bonchev–Trinajstić information content (AvgIpc) is 3.04. The first-order valence-electron chi connectivity index (χ1n) is 10.0. The summed E-state index contributed by atoms with van der Waals surface area (Å²) in [6.45, 7) is 1.09. The number of hydrogen-bond donors (Lipinski definition) is 1. The van der Waals surface area contributed by atoms with E-state index in [2.05, 4.69) is 15.2 Å². The predicted octanol–water partition coefficient (Wildman–Crippen LogP) is 3.01. The molecule has 1 atom stereocenters. The highest BCUT2D eigenvalue weighted by molar-refractivity contribution is 7.92. The minimum atomic E-state index is -3.57. The standard InChI is InChI=1S/C20H26ClN3O3S/c21-16-7-4-8-17(13-16)28(26,27)18(15-5-2-1-3-6-15)24-11-9-20(10-12-24)19(25)22-14-23-20/h4,7-8,13-15,18H,1-3,5-6,9-12H2,(H,22,23,25). The van der Waals surface area contributed by atoms with E-state index in [0.717, 1.165) is 25.7 Å². The van der Waals surface area contributed by atoms with Crippen LogP contribution in [0.4, 0.5) is 0 Å². The fraction of sp³-hybridized carbons (Fsp3) is 0.600. The van der Waals surface area contributed by atoms with Gasteiger partial charge in [0, 0.05) is 18.1 Å². The van der Waals surface area contributed by atoms with E-state index in [1.54, 1.807) is 24.3 Å². The Hall–Kier alpha value is -1.44. The van der Waals surface area contributed by atoms with Gasteiger partial charge in [0.05, 0.1) is 11.2 Å². The minimum absolute atomic E-state index is 0.0703. The zero-order valence-corrected chi connectivity index (χ0v) is 17.4. The average molecular weight is 424 g/mol. The van der Waals surface area contributed by atoms with Crippen molar-refractivity contribution in [1.82, 2.24) is 10.2 Å². The Kier molecular flexibility index (Phi) is 5.51. The van der Waals surface area contributed by atoms with Crippen molar-refractivity contribution < 1.29 is 13.2 Å². The smallest absolute Gasteiger partial charge is 0.253 e. The maximum absolute atomic E-state index is 13.7. The summed E-state index contributed by atoms with van der Waals surface area (Å²) in [6.07, 6.45) is 7.70. The van der Waals surface area contributed by atoms with Crippen LogP contribution in [-0.4, -0.2) is 49.6 Å². The highest BCUT2D eigenvalue weighted by atomic mass is 35.5. The molecular formula is C20H26ClN3O3S. The molecule has 1 N–H and O–H groups in total. The molecule has 8 heteroatoms. The van der Waals surface area contributed by atoms with E-state index in [1.807, 2.05) is 0 Å². The van der Waals surface area contributed by atoms with E-state index in [-0.39, 0.29) is 16.7 Å². The number of piperidine rings is 1. The number of aliphatic imine (C=N–C) groups is 1. The number of benzene rings is 1. The maximum Gasteiger partial charge on any atom is 0.253 e. The van der Waals surface area contributed by atoms with E-state index in [1.165, 1.54) is 12.8 Å². The number of hydrogen-bond acceptors (Lipinski definition) is 5. The Balaban J connectivity index is 1.63. The third-order valence-electron chi connectivity index (χ3n) is 6.41. The molecule has 4 rings (SSSR count). The van der Waals surface area contributed by atoms with Crippen LogP contribution in [0.15, 0.2) is 34.2 Å². The highest BCUT2D eigenvalue weighted by Crippen LogP contribution is 2.38. The van der Waals surface area contributed by atoms with Gasteiger partial charge in [0.2, 0.25) is 0 Å². The monoisotopic (exact) mass is 423 g/mol. The lowest BCUT2D eigenvalue weighted by molar-refractivity contribution is -0.125. The number of carbonyl (C=O) groups excluding carboxylic acids is 1. The van der Waals surface area contributed by atoms with Crippen molar-refractivity contribution in [3.63, 3.8) is 0 Å². The Bertz CT molecular complexity index is 872. The second-order valence-electron chi connectivity index (χ2n) is 8.09. The lowest BCUT2D eigenvalue weighted by Gasteiger charge is -2.43. The molecule has 1 aromatic rings. The molecule has 0 radical (unpaired) electrons. The first-order valence-corrected chi connectivity index (χ1v) is 11.9. The van der Waals surface area contributed by atoms with Crippen molar-refractivity contribution in [3.8, 4) is 0 Å². The first kappa shape index (κ1) is 19.9. The lowest BCUT2D eigenvalue weighted by atomic mass is 9.85. The Morgan fingerprint density at radius 1 is 1.18 bits per heavy atom. The molecule has 1 aliphatic carbocycles. The van der Waals surface area contributed by atoms with Crippen molar-refractivity contribution in [2.45, 2.75) is 60.8 Å². The van der Waals surface area contributed by atoms with Gasteiger partial charge in [-0.25, -0.2) is 8.42 Å². The quantitative estimate of drug-likeness (QED) is 0.807. The summed E-state index contributed by atoms with van der Waals surface area (Å²) >= 11 is 6.09. The molecule has 1 unspecified atom stereocenters. The van der Waals surface area contributed by atoms with Crippen molar-refractivity contribution >= 4 is 33.7 Å². The fourth-order valence-electron chi connectivity index (χ4n) is 4.86. The largest absolute Gasteiger partial charge is 0.315 e. The van der Waals surface area contributed by atoms with E-state index in [9.17, 15) is 13.2 Å². The Labute approximate surface area is 171 Å². The fourth-order valence-corrected chi connectivity index (χ4v) is 7.34. The van der Waals surface area contributed by atoms with E-state index < -0.39 is 20.8 Å². The number of rotatable bonds is 4. The summed E-state index contributed by atoms with van der Waals surface area (Å²) in [6, 6.07) is 6.57. The van der Waals surface area contributed by atoms with Gasteiger partial charge in [-0.3, -0.25) is 14.7 Å². The van der Waals surface area contributed by atoms with Crippen molar-refractivity contribution in [2.75, 3.05) is 13.1 Å². The molecule has 1 spiro atoms. The molecule has 152 valence electrons. The number of likely N-dealkylation sites (tertiary alicyclic amines) is 1. The van der Waals surface area contributed by atoms with Crippen LogP contribution in [0, 0.1) is 5.92 Å². The van der Waals surface area contributed by atoms with Crippen molar-refractivity contribution in [1.29, 1.82) is 0 Å². The van der Waals surface area contributed by atoms with Gasteiger partial charge in [0.15, 0.2) is 9.84 Å². The molecule has 6 nitrogen and oxygen atoms in total. The van der Waals surface area contributed by atoms with Gasteiger partial charge < -0.3 is 5.32 Å². The number of nitrogens with zero attached hydrogens (tertiary/aromatic N) is 2. The van der Waals surface area contributed by atoms with Gasteiger partial charge in [0.25, 0.3) is 5.91 Å². The van der Waals surface area contributed by atoms with Crippen LogP contribution in [0.2, 0.25) is 5.02 Å². The molecule has 1 saturated heterocycles. The second-order valence-corrected chi connectivity index (χ2v) is 10.6. The van der Waals surface area contributed by atoms with Gasteiger partial charge in [-0.1, -0.05) is 36.9 Å². The van der Waals surface area contributed by atoms with E-state index in [4.69, 9.17) is 11.6 Å². The number of carbonyl (C=O) groups is 1. The molecular weight excluding hydrogens is 398 g/mol. The summed E-state index contributed by atoms with van der Waals surface area (Å²) in [5.41, 5.74) is -0.715. The van der Waals surface area contributed by atoms with Gasteiger partial charge in [-0.15, -0.1) is 0 Å². The molecule has 2 aliphatic heterocycles. The Morgan fingerprint density at radius 3 is 2.50 bits per heavy atom. The van der Waals surface area contributed by atoms with Crippen LogP contribution in [-0.2, 0) is 14.6 Å². The molecule has 28 heavy (non-hydrogen) atoms. The SMILES string of the molecule is O=C1NC=NC12CCN(C(C1CCCCC1)S(=O)(=O)c1cccc(Cl)c1)CC2. The summed E-state index contributed by atoms with van der Waals surface area (Å²) in [7, 11) is -3.57. The summed E-state index contributed by atoms with van der Waals surface area (Å²) in [5.74, 6) is 0.0340. The molecule has 1 amide bonds. The zero-order chi connectivity index (χ0) is 19.8. The number of sulfone groups is 1. The zero-order valence-electron chi connectivity index (χ0n) is 15.8. The minimum Gasteiger partial charge on any atom is -0.315 e. The van der Waals surface area contributed by atoms with Crippen LogP contribution in [0.1, 0.15) is 44.9 Å². The highest BCUT2D eigenvalue weighted by Gasteiger charge is 2.47. The summed E-state index contributed by atoms with van der Waals surface area (Å²) < 4.78 is 27.3. The number of amides is 1. The van der Waals surface area contributed by atoms with Crippen LogP contribution in [0.3, 0.4) is 0 Å². The molecule has 1 aromatic carbocycles. The summed E-state index contributed by atoms with van der Waals surface area (Å²) in [4.78, 5) is 18.9. The normalized spacial score (nSPS) is 24.4. The van der Waals surface area contributed by atoms with Crippen LogP contribution in [0.5, 0.6) is 0 Å². The van der Waals surface area contributed by atoms with Gasteiger partial charge in [-0.05, 0) is 49.8 Å². The first-order chi connectivity index (χ1) is 13.4. The van der Waals surface area contributed by atoms with Crippen LogP contribution in [0.25, 0.3) is 0 Å².